The minimum Gasteiger partial charge on any atom is -0.347 e. The van der Waals surface area contributed by atoms with Gasteiger partial charge < -0.3 is 10.2 Å². The number of nitrogens with zero attached hydrogens (tertiary/aromatic N) is 4. The van der Waals surface area contributed by atoms with E-state index < -0.39 is 18.6 Å². The zero-order valence-electron chi connectivity index (χ0n) is 13.1. The first-order chi connectivity index (χ1) is 10.7. The van der Waals surface area contributed by atoms with Crippen molar-refractivity contribution in [3.05, 3.63) is 12.4 Å². The molecule has 2 heterocycles. The molecule has 0 aromatic carbocycles. The molecule has 1 fully saturated rings. The number of hydrogen-bond donors (Lipinski definition) is 1. The molecular weight excluding hydrogens is 311 g/mol. The Morgan fingerprint density at radius 2 is 2.04 bits per heavy atom. The van der Waals surface area contributed by atoms with Crippen LogP contribution >= 0.6 is 0 Å². The van der Waals surface area contributed by atoms with Crippen LogP contribution in [0, 0.1) is 5.92 Å². The predicted molar refractivity (Wildman–Crippen MR) is 80.2 cm³/mol. The number of aromatic nitrogens is 2. The van der Waals surface area contributed by atoms with E-state index in [-0.39, 0.29) is 12.5 Å². The Hall–Kier alpha value is -1.90. The Bertz CT molecular complexity index is 532. The number of rotatable bonds is 4. The fourth-order valence-corrected chi connectivity index (χ4v) is 2.53. The highest BCUT2D eigenvalue weighted by atomic mass is 19.4. The van der Waals surface area contributed by atoms with Crippen molar-refractivity contribution in [2.24, 2.45) is 5.92 Å². The molecule has 2 rings (SSSR count). The summed E-state index contributed by atoms with van der Waals surface area (Å²) in [5.41, 5.74) is 0.438. The zero-order chi connectivity index (χ0) is 17.0. The lowest BCUT2D eigenvalue weighted by Crippen LogP contribution is -2.44. The monoisotopic (exact) mass is 331 g/mol. The maximum Gasteiger partial charge on any atom is 0.401 e. The molecule has 0 spiro atoms. The van der Waals surface area contributed by atoms with Crippen molar-refractivity contribution in [3.8, 4) is 0 Å². The molecule has 23 heavy (non-hydrogen) atoms. The molecule has 1 aliphatic heterocycles. The third-order valence-corrected chi connectivity index (χ3v) is 3.58. The van der Waals surface area contributed by atoms with Crippen molar-refractivity contribution >= 4 is 17.5 Å². The summed E-state index contributed by atoms with van der Waals surface area (Å²) in [5.74, 6) is -0.241. The number of amides is 1. The van der Waals surface area contributed by atoms with Crippen molar-refractivity contribution in [2.45, 2.75) is 19.0 Å². The van der Waals surface area contributed by atoms with Gasteiger partial charge in [0.2, 0.25) is 11.9 Å². The number of piperidine rings is 1. The molecule has 0 aliphatic carbocycles. The summed E-state index contributed by atoms with van der Waals surface area (Å²) >= 11 is 0. The van der Waals surface area contributed by atoms with Gasteiger partial charge >= 0.3 is 6.18 Å². The normalized spacial score (nSPS) is 19.4. The molecular formula is C14H20F3N5O. The van der Waals surface area contributed by atoms with E-state index in [4.69, 9.17) is 0 Å². The maximum absolute atomic E-state index is 12.5. The van der Waals surface area contributed by atoms with Gasteiger partial charge in [0.25, 0.3) is 0 Å². The van der Waals surface area contributed by atoms with E-state index >= 15 is 0 Å². The molecule has 9 heteroatoms. The topological polar surface area (TPSA) is 61.4 Å². The van der Waals surface area contributed by atoms with Crippen LogP contribution in [0.1, 0.15) is 12.8 Å². The first kappa shape index (κ1) is 17.5. The highest BCUT2D eigenvalue weighted by Crippen LogP contribution is 2.23. The Morgan fingerprint density at radius 1 is 1.39 bits per heavy atom. The van der Waals surface area contributed by atoms with Crippen LogP contribution < -0.4 is 10.2 Å². The van der Waals surface area contributed by atoms with E-state index in [1.807, 2.05) is 0 Å². The summed E-state index contributed by atoms with van der Waals surface area (Å²) in [7, 11) is 3.59. The lowest BCUT2D eigenvalue weighted by Gasteiger charge is -2.32. The largest absolute Gasteiger partial charge is 0.401 e. The van der Waals surface area contributed by atoms with Crippen molar-refractivity contribution in [2.75, 3.05) is 43.9 Å². The first-order valence-corrected chi connectivity index (χ1v) is 7.34. The summed E-state index contributed by atoms with van der Waals surface area (Å²) in [5, 5.41) is 2.67. The quantitative estimate of drug-likeness (QED) is 0.911. The van der Waals surface area contributed by atoms with E-state index in [0.717, 1.165) is 0 Å². The Kier molecular flexibility index (Phi) is 5.40. The number of likely N-dealkylation sites (tertiary alicyclic amines) is 1. The fraction of sp³-hybridized carbons (Fsp3) is 0.643. The smallest absolute Gasteiger partial charge is 0.347 e. The van der Waals surface area contributed by atoms with Gasteiger partial charge in [-0.05, 0) is 19.4 Å². The average molecular weight is 331 g/mol. The molecule has 6 nitrogen and oxygen atoms in total. The van der Waals surface area contributed by atoms with E-state index in [0.29, 0.717) is 31.0 Å². The average Bonchev–Trinajstić information content (AvgIpc) is 2.46. The van der Waals surface area contributed by atoms with Crippen molar-refractivity contribution in [3.63, 3.8) is 0 Å². The second-order valence-corrected chi connectivity index (χ2v) is 5.84. The molecule has 1 amide bonds. The van der Waals surface area contributed by atoms with Crippen molar-refractivity contribution in [1.29, 1.82) is 0 Å². The highest BCUT2D eigenvalue weighted by Gasteiger charge is 2.34. The summed E-state index contributed by atoms with van der Waals surface area (Å²) in [6.45, 7) is -0.497. The highest BCUT2D eigenvalue weighted by molar-refractivity contribution is 5.92. The lowest BCUT2D eigenvalue weighted by atomic mass is 9.97. The molecule has 1 aromatic heterocycles. The van der Waals surface area contributed by atoms with Crippen LogP contribution in [0.15, 0.2) is 12.4 Å². The molecule has 1 atom stereocenters. The SMILES string of the molecule is CN(C)c1ncc(NC(=O)C2CCCN(CC(F)(F)F)C2)cn1. The minimum atomic E-state index is -4.24. The molecule has 0 bridgehead atoms. The molecule has 1 N–H and O–H groups in total. The number of carbonyl (C=O) groups excluding carboxylic acids is 1. The van der Waals surface area contributed by atoms with Gasteiger partial charge in [-0.15, -0.1) is 0 Å². The summed E-state index contributed by atoms with van der Waals surface area (Å²) in [6.07, 6.45) is -0.123. The second kappa shape index (κ2) is 7.12. The van der Waals surface area contributed by atoms with Gasteiger partial charge in [0.15, 0.2) is 0 Å². The van der Waals surface area contributed by atoms with E-state index in [9.17, 15) is 18.0 Å². The molecule has 0 saturated carbocycles. The van der Waals surface area contributed by atoms with Crippen LogP contribution in [0.5, 0.6) is 0 Å². The molecule has 128 valence electrons. The Morgan fingerprint density at radius 3 is 2.61 bits per heavy atom. The predicted octanol–water partition coefficient (Wildman–Crippen LogP) is 1.76. The Labute approximate surface area is 132 Å². The molecule has 0 radical (unpaired) electrons. The number of halogens is 3. The van der Waals surface area contributed by atoms with Gasteiger partial charge in [-0.3, -0.25) is 9.69 Å². The molecule has 1 unspecified atom stereocenters. The standard InChI is InChI=1S/C14H20F3N5O/c1-21(2)13-18-6-11(7-19-13)20-12(23)10-4-3-5-22(8-10)9-14(15,16)17/h6-7,10H,3-5,8-9H2,1-2H3,(H,20,23). The maximum atomic E-state index is 12.5. The van der Waals surface area contributed by atoms with E-state index in [1.54, 1.807) is 19.0 Å². The summed E-state index contributed by atoms with van der Waals surface area (Å²) in [6, 6.07) is 0. The number of carbonyl (C=O) groups is 1. The van der Waals surface area contributed by atoms with E-state index in [2.05, 4.69) is 15.3 Å². The number of nitrogens with one attached hydrogen (secondary N) is 1. The van der Waals surface area contributed by atoms with Gasteiger partial charge in [0, 0.05) is 20.6 Å². The number of alkyl halides is 3. The molecule has 1 aliphatic rings. The van der Waals surface area contributed by atoms with Gasteiger partial charge in [-0.2, -0.15) is 13.2 Å². The third-order valence-electron chi connectivity index (χ3n) is 3.58. The van der Waals surface area contributed by atoms with Crippen LogP contribution in [-0.2, 0) is 4.79 Å². The van der Waals surface area contributed by atoms with Crippen LogP contribution in [0.25, 0.3) is 0 Å². The zero-order valence-corrected chi connectivity index (χ0v) is 13.1. The summed E-state index contributed by atoms with van der Waals surface area (Å²) in [4.78, 5) is 23.4. The van der Waals surface area contributed by atoms with Gasteiger partial charge in [0.1, 0.15) is 0 Å². The number of anilines is 2. The lowest BCUT2D eigenvalue weighted by molar-refractivity contribution is -0.151. The Balaban J connectivity index is 1.92. The van der Waals surface area contributed by atoms with Crippen LogP contribution in [0.4, 0.5) is 24.8 Å². The fourth-order valence-electron chi connectivity index (χ4n) is 2.53. The molecule has 1 saturated heterocycles. The van der Waals surface area contributed by atoms with Crippen molar-refractivity contribution < 1.29 is 18.0 Å². The van der Waals surface area contributed by atoms with E-state index in [1.165, 1.54) is 17.3 Å². The van der Waals surface area contributed by atoms with Gasteiger partial charge in [-0.25, -0.2) is 9.97 Å². The third kappa shape index (κ3) is 5.34. The first-order valence-electron chi connectivity index (χ1n) is 7.34. The number of hydrogen-bond acceptors (Lipinski definition) is 5. The molecule has 1 aromatic rings. The van der Waals surface area contributed by atoms with Crippen molar-refractivity contribution in [1.82, 2.24) is 14.9 Å². The van der Waals surface area contributed by atoms with Crippen LogP contribution in [0.3, 0.4) is 0 Å². The van der Waals surface area contributed by atoms with Crippen LogP contribution in [0.2, 0.25) is 0 Å². The van der Waals surface area contributed by atoms with Gasteiger partial charge in [0.05, 0.1) is 30.5 Å². The second-order valence-electron chi connectivity index (χ2n) is 5.84. The van der Waals surface area contributed by atoms with Gasteiger partial charge in [-0.1, -0.05) is 0 Å². The minimum absolute atomic E-state index is 0.113. The summed E-state index contributed by atoms with van der Waals surface area (Å²) < 4.78 is 37.4. The van der Waals surface area contributed by atoms with Crippen LogP contribution in [-0.4, -0.2) is 60.7 Å².